The number of anilines is 1. The minimum Gasteiger partial charge on any atom is -0.385 e. The lowest BCUT2D eigenvalue weighted by Gasteiger charge is -2.32. The minimum absolute atomic E-state index is 0.135. The molecule has 2 aromatic heterocycles. The Kier molecular flexibility index (Phi) is 8.78. The van der Waals surface area contributed by atoms with Gasteiger partial charge in [0.05, 0.1) is 12.9 Å². The molecule has 35 heavy (non-hydrogen) atoms. The number of rotatable bonds is 9. The van der Waals surface area contributed by atoms with E-state index >= 15 is 0 Å². The van der Waals surface area contributed by atoms with E-state index in [0.717, 1.165) is 0 Å². The molecule has 2 aromatic rings. The van der Waals surface area contributed by atoms with Crippen molar-refractivity contribution in [3.05, 3.63) is 23.8 Å². The Hall–Kier alpha value is -2.64. The van der Waals surface area contributed by atoms with E-state index in [0.29, 0.717) is 48.0 Å². The summed E-state index contributed by atoms with van der Waals surface area (Å²) in [5, 5.41) is 25.6. The summed E-state index contributed by atoms with van der Waals surface area (Å²) in [5.74, 6) is 0.187. The van der Waals surface area contributed by atoms with Crippen molar-refractivity contribution >= 4 is 40.3 Å². The largest absolute Gasteiger partial charge is 0.385 e. The van der Waals surface area contributed by atoms with Gasteiger partial charge in [0.1, 0.15) is 24.1 Å². The molecule has 5 N–H and O–H groups in total. The van der Waals surface area contributed by atoms with Gasteiger partial charge < -0.3 is 26.0 Å². The van der Waals surface area contributed by atoms with Gasteiger partial charge in [-0.25, -0.2) is 19.7 Å². The number of imidazole rings is 1. The molecule has 3 atom stereocenters. The number of fused-ring (bicyclic) bond motifs is 1. The Morgan fingerprint density at radius 3 is 2.89 bits per heavy atom. The van der Waals surface area contributed by atoms with E-state index in [2.05, 4.69) is 30.2 Å². The number of hydrogen-bond donors (Lipinski definition) is 4. The maximum Gasteiger partial charge on any atom is 0.341 e. The number of amides is 2. The zero-order valence-corrected chi connectivity index (χ0v) is 21.1. The van der Waals surface area contributed by atoms with Crippen molar-refractivity contribution in [2.45, 2.75) is 58.1 Å². The average molecular weight is 509 g/mol. The highest BCUT2D eigenvalue weighted by Crippen LogP contribution is 2.33. The second-order valence-electron chi connectivity index (χ2n) is 8.88. The van der Waals surface area contributed by atoms with Gasteiger partial charge in [0.25, 0.3) is 0 Å². The van der Waals surface area contributed by atoms with Gasteiger partial charge in [-0.2, -0.15) is 4.99 Å². The first-order valence-corrected chi connectivity index (χ1v) is 11.8. The number of nitrogens with zero attached hydrogens (tertiary/aromatic N) is 6. The number of halogens is 1. The number of ether oxygens (including phenoxy) is 1. The molecule has 1 aliphatic heterocycles. The van der Waals surface area contributed by atoms with Gasteiger partial charge in [-0.1, -0.05) is 11.6 Å². The van der Waals surface area contributed by atoms with E-state index in [9.17, 15) is 15.0 Å². The fourth-order valence-electron chi connectivity index (χ4n) is 3.99. The van der Waals surface area contributed by atoms with Gasteiger partial charge in [0.15, 0.2) is 17.2 Å². The number of carbonyl (C=O) groups excluding carboxylic acids is 1. The number of nitrogens with one attached hydrogen (secondary N) is 1. The van der Waals surface area contributed by atoms with Crippen molar-refractivity contribution in [3.63, 3.8) is 0 Å². The number of urea groups is 1. The number of aromatic nitrogens is 4. The molecule has 0 aromatic carbocycles. The second kappa shape index (κ2) is 11.4. The summed E-state index contributed by atoms with van der Waals surface area (Å²) in [5.41, 5.74) is 5.28. The van der Waals surface area contributed by atoms with Crippen LogP contribution in [0, 0.1) is 0 Å². The normalized spacial score (nSPS) is 23.6. The molecule has 1 fully saturated rings. The van der Waals surface area contributed by atoms with Crippen LogP contribution in [0.5, 0.6) is 0 Å². The lowest BCUT2D eigenvalue weighted by Crippen LogP contribution is -2.49. The number of nitrogen functional groups attached to an aromatic ring is 1. The van der Waals surface area contributed by atoms with E-state index in [-0.39, 0.29) is 18.5 Å². The number of nitrogens with two attached hydrogens (primary N) is 1. The highest BCUT2D eigenvalue weighted by atomic mass is 35.5. The smallest absolute Gasteiger partial charge is 0.341 e. The van der Waals surface area contributed by atoms with E-state index in [4.69, 9.17) is 22.1 Å². The number of carbonyl (C=O) groups is 1. The van der Waals surface area contributed by atoms with Crippen LogP contribution in [0.15, 0.2) is 28.8 Å². The number of hydrogen-bond acceptors (Lipinski definition) is 9. The minimum atomic E-state index is -1.75. The molecule has 0 radical (unpaired) electrons. The van der Waals surface area contributed by atoms with Crippen LogP contribution in [-0.4, -0.2) is 90.9 Å². The van der Waals surface area contributed by atoms with Crippen molar-refractivity contribution in [1.82, 2.24) is 29.7 Å². The van der Waals surface area contributed by atoms with Crippen LogP contribution < -0.4 is 11.1 Å². The Morgan fingerprint density at radius 2 is 2.20 bits per heavy atom. The fourth-order valence-corrected chi connectivity index (χ4v) is 4.15. The van der Waals surface area contributed by atoms with Crippen LogP contribution in [0.1, 0.15) is 34.1 Å². The Balaban J connectivity index is 1.58. The van der Waals surface area contributed by atoms with E-state index in [1.54, 1.807) is 19.9 Å². The van der Waals surface area contributed by atoms with Crippen LogP contribution in [0.25, 0.3) is 11.2 Å². The molecule has 0 spiro atoms. The molecule has 12 nitrogen and oxygen atoms in total. The molecule has 1 saturated heterocycles. The van der Waals surface area contributed by atoms with E-state index in [1.807, 2.05) is 13.8 Å². The Morgan fingerprint density at radius 1 is 1.46 bits per heavy atom. The van der Waals surface area contributed by atoms with Crippen LogP contribution >= 0.6 is 11.6 Å². The van der Waals surface area contributed by atoms with Gasteiger partial charge in [-0.3, -0.25) is 9.47 Å². The summed E-state index contributed by atoms with van der Waals surface area (Å²) in [6, 6.07) is -0.279. The zero-order valence-electron chi connectivity index (χ0n) is 20.3. The van der Waals surface area contributed by atoms with Crippen LogP contribution in [0.3, 0.4) is 0 Å². The summed E-state index contributed by atoms with van der Waals surface area (Å²) in [7, 11) is 0. The van der Waals surface area contributed by atoms with Gasteiger partial charge in [0.2, 0.25) is 0 Å². The van der Waals surface area contributed by atoms with Crippen molar-refractivity contribution < 1.29 is 19.7 Å². The summed E-state index contributed by atoms with van der Waals surface area (Å²) in [6.07, 6.45) is 3.06. The van der Waals surface area contributed by atoms with E-state index < -0.39 is 24.0 Å². The maximum absolute atomic E-state index is 11.9. The lowest BCUT2D eigenvalue weighted by atomic mass is 10.0. The molecule has 0 aliphatic carbocycles. The number of aliphatic imine (C=N–C) groups is 1. The number of allylic oxidation sites excluding steroid dienone is 2. The van der Waals surface area contributed by atoms with Crippen molar-refractivity contribution in [2.24, 2.45) is 4.99 Å². The third kappa shape index (κ3) is 6.33. The molecular weight excluding hydrogens is 476 g/mol. The van der Waals surface area contributed by atoms with Crippen molar-refractivity contribution in [3.8, 4) is 0 Å². The van der Waals surface area contributed by atoms with Crippen LogP contribution in [0.4, 0.5) is 10.6 Å². The topological polar surface area (TPSA) is 164 Å². The molecule has 3 rings (SSSR count). The van der Waals surface area contributed by atoms with Crippen molar-refractivity contribution in [2.75, 3.05) is 32.0 Å². The van der Waals surface area contributed by atoms with Crippen molar-refractivity contribution in [1.29, 1.82) is 0 Å². The third-order valence-electron chi connectivity index (χ3n) is 5.84. The number of aliphatic hydroxyl groups excluding tert-OH is 1. The Bertz CT molecular complexity index is 1100. The van der Waals surface area contributed by atoms with Gasteiger partial charge >= 0.3 is 6.03 Å². The molecule has 1 aliphatic rings. The second-order valence-corrected chi connectivity index (χ2v) is 9.47. The molecule has 192 valence electrons. The standard InChI is InChI=1S/C22H33ClN8O4/c1-13(2)30(7-5-6-25-21(33)29-15(4)8-14(3)23)9-16-18(32)22(34,10-35-16)31-12-28-17-19(24)26-11-27-20(17)31/h8,11-13,16,18,32,34H,5-7,9-10H2,1-4H3,(H,25,33)(H2,24,26,27)/b14-8+,29-15?. The molecule has 2 amide bonds. The third-order valence-corrected chi connectivity index (χ3v) is 5.95. The molecule has 0 saturated carbocycles. The van der Waals surface area contributed by atoms with E-state index in [1.165, 1.54) is 17.2 Å². The highest BCUT2D eigenvalue weighted by Gasteiger charge is 2.50. The first-order chi connectivity index (χ1) is 16.5. The predicted molar refractivity (Wildman–Crippen MR) is 133 cm³/mol. The highest BCUT2D eigenvalue weighted by molar-refractivity contribution is 6.31. The summed E-state index contributed by atoms with van der Waals surface area (Å²) < 4.78 is 7.19. The maximum atomic E-state index is 11.9. The first kappa shape index (κ1) is 27.0. The summed E-state index contributed by atoms with van der Waals surface area (Å²) >= 11 is 5.79. The average Bonchev–Trinajstić information content (AvgIpc) is 3.33. The molecule has 3 unspecified atom stereocenters. The molecule has 13 heteroatoms. The monoisotopic (exact) mass is 508 g/mol. The van der Waals surface area contributed by atoms with Crippen LogP contribution in [-0.2, 0) is 10.5 Å². The summed E-state index contributed by atoms with van der Waals surface area (Å²) in [6.45, 7) is 8.81. The molecule has 3 heterocycles. The SMILES string of the molecule is CC(/C=C(\C)Cl)=NC(=O)NCCCN(CC1OCC(O)(n2cnc3c(N)ncnc32)C1O)C(C)C. The Labute approximate surface area is 208 Å². The van der Waals surface area contributed by atoms with Gasteiger partial charge in [-0.05, 0) is 40.2 Å². The quantitative estimate of drug-likeness (QED) is 0.288. The first-order valence-electron chi connectivity index (χ1n) is 11.4. The van der Waals surface area contributed by atoms with Crippen LogP contribution in [0.2, 0.25) is 0 Å². The predicted octanol–water partition coefficient (Wildman–Crippen LogP) is 1.23. The van der Waals surface area contributed by atoms with Gasteiger partial charge in [0, 0.05) is 36.4 Å². The zero-order chi connectivity index (χ0) is 25.8. The summed E-state index contributed by atoms with van der Waals surface area (Å²) in [4.78, 5) is 30.2. The molecular formula is C22H33ClN8O4. The fraction of sp³-hybridized carbons (Fsp3) is 0.591. The number of aliphatic hydroxyl groups is 2. The van der Waals surface area contributed by atoms with Gasteiger partial charge in [-0.15, -0.1) is 0 Å². The lowest BCUT2D eigenvalue weighted by molar-refractivity contribution is -0.109. The molecule has 0 bridgehead atoms.